The van der Waals surface area contributed by atoms with Gasteiger partial charge in [-0.05, 0) is 30.2 Å². The fourth-order valence-corrected chi connectivity index (χ4v) is 2.15. The highest BCUT2D eigenvalue weighted by Gasteiger charge is 2.15. The summed E-state index contributed by atoms with van der Waals surface area (Å²) in [4.78, 5) is 13.9. The average molecular weight is 297 g/mol. The summed E-state index contributed by atoms with van der Waals surface area (Å²) in [5, 5.41) is 9.82. The van der Waals surface area contributed by atoms with Gasteiger partial charge in [0.15, 0.2) is 0 Å². The van der Waals surface area contributed by atoms with Gasteiger partial charge in [-0.1, -0.05) is 15.9 Å². The molecule has 17 heavy (non-hydrogen) atoms. The lowest BCUT2D eigenvalue weighted by Gasteiger charge is -2.05. The van der Waals surface area contributed by atoms with E-state index in [1.165, 1.54) is 0 Å². The molecule has 0 unspecified atom stereocenters. The molecule has 1 aromatic heterocycles. The van der Waals surface area contributed by atoms with Gasteiger partial charge in [-0.2, -0.15) is 0 Å². The third-order valence-electron chi connectivity index (χ3n) is 2.80. The lowest BCUT2D eigenvalue weighted by molar-refractivity contribution is -0.138. The number of fused-ring (bicyclic) bond motifs is 1. The zero-order chi connectivity index (χ0) is 12.6. The Morgan fingerprint density at radius 1 is 1.59 bits per heavy atom. The molecule has 0 bridgehead atoms. The molecule has 0 aliphatic rings. The summed E-state index contributed by atoms with van der Waals surface area (Å²) < 4.78 is 1.01. The van der Waals surface area contributed by atoms with Crippen molar-refractivity contribution >= 4 is 32.8 Å². The number of aromatic amines is 1. The van der Waals surface area contributed by atoms with Crippen molar-refractivity contribution in [2.45, 2.75) is 19.4 Å². The van der Waals surface area contributed by atoms with Crippen molar-refractivity contribution in [3.63, 3.8) is 0 Å². The number of H-pyrrole nitrogens is 1. The number of aliphatic carboxylic acids is 1. The summed E-state index contributed by atoms with van der Waals surface area (Å²) in [5.41, 5.74) is 8.60. The molecular weight excluding hydrogens is 284 g/mol. The smallest absolute Gasteiger partial charge is 0.320 e. The van der Waals surface area contributed by atoms with Gasteiger partial charge in [0.1, 0.15) is 6.04 Å². The first-order chi connectivity index (χ1) is 7.99. The van der Waals surface area contributed by atoms with Gasteiger partial charge in [-0.25, -0.2) is 0 Å². The molecule has 0 fully saturated rings. The predicted octanol–water partition coefficient (Wildman–Crippen LogP) is 2.19. The van der Waals surface area contributed by atoms with Crippen molar-refractivity contribution in [2.24, 2.45) is 5.73 Å². The van der Waals surface area contributed by atoms with Crippen LogP contribution in [0.5, 0.6) is 0 Å². The van der Waals surface area contributed by atoms with Gasteiger partial charge in [0.25, 0.3) is 0 Å². The minimum atomic E-state index is -0.981. The molecule has 0 spiro atoms. The molecule has 0 saturated heterocycles. The van der Waals surface area contributed by atoms with E-state index in [1.807, 2.05) is 25.3 Å². The van der Waals surface area contributed by atoms with E-state index in [0.29, 0.717) is 6.42 Å². The number of carboxylic acids is 1. The monoisotopic (exact) mass is 296 g/mol. The Hall–Kier alpha value is -1.33. The van der Waals surface area contributed by atoms with E-state index in [1.54, 1.807) is 0 Å². The first-order valence-corrected chi connectivity index (χ1v) is 6.03. The van der Waals surface area contributed by atoms with Crippen LogP contribution in [0, 0.1) is 6.92 Å². The molecule has 2 aromatic rings. The standard InChI is InChI=1S/C12H13BrN2O2/c1-6-2-11-8(4-9(6)13)7(5-15-11)3-10(14)12(16)17/h2,4-5,10,15H,3,14H2,1H3,(H,16,17)/t10-/m0/s1. The minimum Gasteiger partial charge on any atom is -0.480 e. The molecule has 4 N–H and O–H groups in total. The number of rotatable bonds is 3. The van der Waals surface area contributed by atoms with Crippen LogP contribution < -0.4 is 5.73 Å². The highest BCUT2D eigenvalue weighted by Crippen LogP contribution is 2.26. The van der Waals surface area contributed by atoms with Crippen molar-refractivity contribution < 1.29 is 9.90 Å². The van der Waals surface area contributed by atoms with E-state index in [4.69, 9.17) is 10.8 Å². The van der Waals surface area contributed by atoms with E-state index in [2.05, 4.69) is 20.9 Å². The van der Waals surface area contributed by atoms with Gasteiger partial charge in [0, 0.05) is 28.0 Å². The molecule has 0 aliphatic carbocycles. The van der Waals surface area contributed by atoms with Crippen LogP contribution in [0.2, 0.25) is 0 Å². The van der Waals surface area contributed by atoms with Crippen molar-refractivity contribution in [2.75, 3.05) is 0 Å². The van der Waals surface area contributed by atoms with Gasteiger partial charge >= 0.3 is 5.97 Å². The molecule has 0 radical (unpaired) electrons. The molecular formula is C12H13BrN2O2. The van der Waals surface area contributed by atoms with Crippen LogP contribution >= 0.6 is 15.9 Å². The van der Waals surface area contributed by atoms with Crippen molar-refractivity contribution in [3.8, 4) is 0 Å². The second kappa shape index (κ2) is 4.50. The molecule has 0 saturated carbocycles. The molecule has 1 heterocycles. The normalized spacial score (nSPS) is 12.9. The number of carboxylic acid groups (broad SMARTS) is 1. The SMILES string of the molecule is Cc1cc2[nH]cc(C[C@H](N)C(=O)O)c2cc1Br. The Morgan fingerprint density at radius 3 is 2.94 bits per heavy atom. The minimum absolute atomic E-state index is 0.324. The first kappa shape index (κ1) is 12.1. The highest BCUT2D eigenvalue weighted by atomic mass is 79.9. The lowest BCUT2D eigenvalue weighted by Crippen LogP contribution is -2.32. The van der Waals surface area contributed by atoms with Crippen molar-refractivity contribution in [1.82, 2.24) is 4.98 Å². The summed E-state index contributed by atoms with van der Waals surface area (Å²) >= 11 is 3.47. The fraction of sp³-hybridized carbons (Fsp3) is 0.250. The molecule has 1 atom stereocenters. The zero-order valence-corrected chi connectivity index (χ0v) is 10.9. The maximum absolute atomic E-state index is 10.7. The van der Waals surface area contributed by atoms with E-state index in [0.717, 1.165) is 26.5 Å². The first-order valence-electron chi connectivity index (χ1n) is 5.23. The Labute approximate surface area is 107 Å². The molecule has 90 valence electrons. The number of nitrogens with one attached hydrogen (secondary N) is 1. The number of aromatic nitrogens is 1. The Kier molecular flexibility index (Phi) is 3.22. The van der Waals surface area contributed by atoms with Gasteiger partial charge in [-0.15, -0.1) is 0 Å². The number of hydrogen-bond donors (Lipinski definition) is 3. The number of hydrogen-bond acceptors (Lipinski definition) is 2. The quantitative estimate of drug-likeness (QED) is 0.812. The second-order valence-electron chi connectivity index (χ2n) is 4.11. The summed E-state index contributed by atoms with van der Waals surface area (Å²) in [6, 6.07) is 3.15. The fourth-order valence-electron chi connectivity index (χ4n) is 1.80. The second-order valence-corrected chi connectivity index (χ2v) is 4.96. The van der Waals surface area contributed by atoms with Gasteiger partial charge in [0.05, 0.1) is 0 Å². The Morgan fingerprint density at radius 2 is 2.29 bits per heavy atom. The van der Waals surface area contributed by atoms with E-state index in [9.17, 15) is 4.79 Å². The topological polar surface area (TPSA) is 79.1 Å². The van der Waals surface area contributed by atoms with Crippen LogP contribution in [-0.2, 0) is 11.2 Å². The van der Waals surface area contributed by atoms with Crippen LogP contribution in [0.1, 0.15) is 11.1 Å². The van der Waals surface area contributed by atoms with Crippen LogP contribution in [-0.4, -0.2) is 22.1 Å². The summed E-state index contributed by atoms with van der Waals surface area (Å²) in [6.07, 6.45) is 2.14. The van der Waals surface area contributed by atoms with Gasteiger partial charge in [0.2, 0.25) is 0 Å². The van der Waals surface area contributed by atoms with E-state index in [-0.39, 0.29) is 0 Å². The van der Waals surface area contributed by atoms with Crippen LogP contribution in [0.3, 0.4) is 0 Å². The van der Waals surface area contributed by atoms with Gasteiger partial charge in [-0.3, -0.25) is 4.79 Å². The molecule has 1 aromatic carbocycles. The molecule has 0 amide bonds. The Balaban J connectivity index is 2.42. The summed E-state index contributed by atoms with van der Waals surface area (Å²) in [7, 11) is 0. The largest absolute Gasteiger partial charge is 0.480 e. The van der Waals surface area contributed by atoms with E-state index >= 15 is 0 Å². The van der Waals surface area contributed by atoms with Crippen LogP contribution in [0.25, 0.3) is 10.9 Å². The molecule has 2 rings (SSSR count). The van der Waals surface area contributed by atoms with Gasteiger partial charge < -0.3 is 15.8 Å². The van der Waals surface area contributed by atoms with Crippen LogP contribution in [0.4, 0.5) is 0 Å². The van der Waals surface area contributed by atoms with Crippen molar-refractivity contribution in [3.05, 3.63) is 33.9 Å². The van der Waals surface area contributed by atoms with Crippen LogP contribution in [0.15, 0.2) is 22.8 Å². The lowest BCUT2D eigenvalue weighted by atomic mass is 10.0. The maximum atomic E-state index is 10.7. The molecule has 0 aliphatic heterocycles. The number of aryl methyl sites for hydroxylation is 1. The molecule has 4 nitrogen and oxygen atoms in total. The average Bonchev–Trinajstić information content (AvgIpc) is 2.62. The van der Waals surface area contributed by atoms with E-state index < -0.39 is 12.0 Å². The molecule has 5 heteroatoms. The number of carbonyl (C=O) groups is 1. The number of benzene rings is 1. The third-order valence-corrected chi connectivity index (χ3v) is 3.66. The highest BCUT2D eigenvalue weighted by molar-refractivity contribution is 9.10. The third kappa shape index (κ3) is 2.35. The zero-order valence-electron chi connectivity index (χ0n) is 9.33. The number of nitrogens with two attached hydrogens (primary N) is 1. The summed E-state index contributed by atoms with van der Waals surface area (Å²) in [5.74, 6) is -0.981. The predicted molar refractivity (Wildman–Crippen MR) is 70.1 cm³/mol. The van der Waals surface area contributed by atoms with Crippen molar-refractivity contribution in [1.29, 1.82) is 0 Å². The maximum Gasteiger partial charge on any atom is 0.320 e. The summed E-state index contributed by atoms with van der Waals surface area (Å²) in [6.45, 7) is 2.01. The Bertz CT molecular complexity index is 577. The number of halogens is 1.